The highest BCUT2D eigenvalue weighted by Gasteiger charge is 2.40. The first-order valence-electron chi connectivity index (χ1n) is 22.8. The molecule has 0 bridgehead atoms. The van der Waals surface area contributed by atoms with Crippen molar-refractivity contribution >= 4 is 27.8 Å². The number of aliphatic hydroxyl groups excluding tert-OH is 2. The van der Waals surface area contributed by atoms with Crippen LogP contribution >= 0.6 is 0 Å². The van der Waals surface area contributed by atoms with Crippen molar-refractivity contribution < 1.29 is 51.2 Å². The molecule has 0 radical (unpaired) electrons. The van der Waals surface area contributed by atoms with Crippen LogP contribution in [0.15, 0.2) is 145 Å². The van der Waals surface area contributed by atoms with Crippen molar-refractivity contribution in [1.29, 1.82) is 0 Å². The minimum atomic E-state index is -3.88. The van der Waals surface area contributed by atoms with Gasteiger partial charge in [0.1, 0.15) is 23.0 Å². The predicted octanol–water partition coefficient (Wildman–Crippen LogP) is 8.10. The average Bonchev–Trinajstić information content (AvgIpc) is 3.96. The lowest BCUT2D eigenvalue weighted by molar-refractivity contribution is -0.147. The van der Waals surface area contributed by atoms with Crippen molar-refractivity contribution in [3.8, 4) is 11.4 Å². The van der Waals surface area contributed by atoms with Crippen molar-refractivity contribution in [2.45, 2.75) is 108 Å². The standard InChI is InChI=1S/C26H28N6O4S.C25H34F2O5/c1-20(2)36-26(33)17-28-25-8-3-6-22(30-25)19-31(37(34,35)24-7-4-13-27-16-24)18-21-9-11-23(12-10-21)32-15-5-14-29-32;1-18(2)32-24(30)13-9-4-3-8-12-20-21(23(29)16-22(20)28)14-15-25(26,27)17-31-19-10-6-5-7-11-19/h3-16,20H,17-19H2,1-2H3,(H,28,30);3,5-8,10-11,14-15,18,20-23,28-29H,4,9,12-13,16-17H2,1-2H3/b;8-3-,15-14+/t;20-,21-,22+,23-/m.1/s1. The van der Waals surface area contributed by atoms with Crippen LogP contribution in [0.2, 0.25) is 0 Å². The Kier molecular flexibility index (Phi) is 20.5. The number of pyridine rings is 2. The number of aromatic nitrogens is 4. The monoisotopic (exact) mass is 972 g/mol. The third-order valence-corrected chi connectivity index (χ3v) is 12.4. The number of aliphatic hydroxyl groups is 2. The molecule has 1 aliphatic carbocycles. The molecule has 0 unspecified atom stereocenters. The summed E-state index contributed by atoms with van der Waals surface area (Å²) in [6, 6.07) is 26.0. The number of carbonyl (C=O) groups excluding carboxylic acids is 2. The summed E-state index contributed by atoms with van der Waals surface area (Å²) < 4.78 is 74.0. The van der Waals surface area contributed by atoms with Crippen LogP contribution in [0.25, 0.3) is 5.69 Å². The lowest BCUT2D eigenvalue weighted by Crippen LogP contribution is -2.31. The first kappa shape index (κ1) is 53.6. The number of hydrogen-bond donors (Lipinski definition) is 3. The fourth-order valence-electron chi connectivity index (χ4n) is 7.33. The number of benzene rings is 2. The van der Waals surface area contributed by atoms with Gasteiger partial charge in [-0.1, -0.05) is 54.6 Å². The molecular formula is C51H62F2N6O9S. The number of allylic oxidation sites excluding steroid dienone is 2. The van der Waals surface area contributed by atoms with Gasteiger partial charge in [-0.2, -0.15) is 18.2 Å². The van der Waals surface area contributed by atoms with Crippen LogP contribution in [0, 0.1) is 11.8 Å². The molecule has 1 fully saturated rings. The van der Waals surface area contributed by atoms with Crippen molar-refractivity contribution in [3.05, 3.63) is 151 Å². The second-order valence-corrected chi connectivity index (χ2v) is 18.9. The van der Waals surface area contributed by atoms with Crippen molar-refractivity contribution in [3.63, 3.8) is 0 Å². The van der Waals surface area contributed by atoms with Gasteiger partial charge in [0.25, 0.3) is 5.92 Å². The van der Waals surface area contributed by atoms with Crippen LogP contribution < -0.4 is 10.1 Å². The number of halogens is 2. The minimum absolute atomic E-state index is 0.0180. The molecule has 6 rings (SSSR count). The number of alkyl halides is 2. The van der Waals surface area contributed by atoms with Crippen LogP contribution in [0.5, 0.6) is 5.75 Å². The number of rotatable bonds is 23. The third-order valence-electron chi connectivity index (χ3n) is 10.6. The summed E-state index contributed by atoms with van der Waals surface area (Å²) in [6.45, 7) is 6.45. The van der Waals surface area contributed by atoms with E-state index in [1.807, 2.05) is 48.7 Å². The summed E-state index contributed by atoms with van der Waals surface area (Å²) in [6.07, 6.45) is 12.5. The molecule has 15 nitrogen and oxygen atoms in total. The molecule has 0 saturated heterocycles. The first-order valence-corrected chi connectivity index (χ1v) is 24.3. The maximum Gasteiger partial charge on any atom is 0.325 e. The number of ether oxygens (including phenoxy) is 3. The lowest BCUT2D eigenvalue weighted by Gasteiger charge is -2.22. The number of nitrogens with one attached hydrogen (secondary N) is 1. The van der Waals surface area contributed by atoms with Gasteiger partial charge in [-0.05, 0) is 119 Å². The Morgan fingerprint density at radius 2 is 1.62 bits per heavy atom. The summed E-state index contributed by atoms with van der Waals surface area (Å²) in [5.74, 6) is -3.95. The molecule has 4 atom stereocenters. The molecule has 0 aliphatic heterocycles. The maximum absolute atomic E-state index is 14.2. The van der Waals surface area contributed by atoms with E-state index in [1.165, 1.54) is 28.8 Å². The highest BCUT2D eigenvalue weighted by atomic mass is 32.2. The average molecular weight is 973 g/mol. The lowest BCUT2D eigenvalue weighted by atomic mass is 9.89. The molecule has 3 heterocycles. The van der Waals surface area contributed by atoms with Gasteiger partial charge in [0.05, 0.1) is 42.3 Å². The van der Waals surface area contributed by atoms with E-state index in [4.69, 9.17) is 14.2 Å². The third kappa shape index (κ3) is 17.9. The molecule has 69 heavy (non-hydrogen) atoms. The normalized spacial score (nSPS) is 17.3. The summed E-state index contributed by atoms with van der Waals surface area (Å²) in [5.41, 5.74) is 2.18. The van der Waals surface area contributed by atoms with Gasteiger partial charge in [-0.15, -0.1) is 0 Å². The fourth-order valence-corrected chi connectivity index (χ4v) is 8.69. The topological polar surface area (TPSA) is 195 Å². The first-order chi connectivity index (χ1) is 33.0. The number of esters is 2. The Morgan fingerprint density at radius 3 is 2.30 bits per heavy atom. The van der Waals surface area contributed by atoms with E-state index >= 15 is 0 Å². The summed E-state index contributed by atoms with van der Waals surface area (Å²) >= 11 is 0. The molecule has 3 aromatic heterocycles. The fraction of sp³-hybridized carbons (Fsp3) is 0.392. The zero-order valence-corrected chi connectivity index (χ0v) is 40.1. The second kappa shape index (κ2) is 26.4. The molecule has 0 spiro atoms. The number of nitrogens with zero attached hydrogens (tertiary/aromatic N) is 5. The number of unbranched alkanes of at least 4 members (excludes halogenated alkanes) is 1. The molecule has 1 aliphatic rings. The minimum Gasteiger partial charge on any atom is -0.487 e. The van der Waals surface area contributed by atoms with Gasteiger partial charge in [-0.3, -0.25) is 14.6 Å². The van der Waals surface area contributed by atoms with E-state index in [2.05, 4.69) is 20.4 Å². The molecule has 2 aromatic carbocycles. The zero-order valence-electron chi connectivity index (χ0n) is 39.3. The number of carbonyl (C=O) groups is 2. The Labute approximate surface area is 402 Å². The van der Waals surface area contributed by atoms with Crippen LogP contribution in [0.4, 0.5) is 14.6 Å². The van der Waals surface area contributed by atoms with Gasteiger partial charge >= 0.3 is 11.9 Å². The van der Waals surface area contributed by atoms with Crippen molar-refractivity contribution in [2.75, 3.05) is 18.5 Å². The molecular weight excluding hydrogens is 911 g/mol. The molecule has 3 N–H and O–H groups in total. The number of para-hydroxylation sites is 1. The number of anilines is 1. The van der Waals surface area contributed by atoms with Crippen molar-refractivity contribution in [1.82, 2.24) is 24.1 Å². The van der Waals surface area contributed by atoms with Gasteiger partial charge in [0, 0.05) is 50.1 Å². The zero-order chi connectivity index (χ0) is 49.8. The SMILES string of the molecule is CC(C)OC(=O)CCC/C=C\C[C@@H]1[C@@H](/C=C/C(F)(F)COc2ccccc2)[C@H](O)C[C@@H]1O.CC(C)OC(=O)CNc1cccc(CN(Cc2ccc(-n3cccn3)cc2)S(=O)(=O)c2cccnc2)n1. The van der Waals surface area contributed by atoms with E-state index in [0.717, 1.165) is 17.3 Å². The van der Waals surface area contributed by atoms with Gasteiger partial charge in [0.2, 0.25) is 10.0 Å². The second-order valence-electron chi connectivity index (χ2n) is 17.0. The molecule has 370 valence electrons. The molecule has 5 aromatic rings. The van der Waals surface area contributed by atoms with Crippen LogP contribution in [0.3, 0.4) is 0 Å². The van der Waals surface area contributed by atoms with Crippen LogP contribution in [-0.4, -0.2) is 98.1 Å². The Morgan fingerprint density at radius 1 is 0.884 bits per heavy atom. The summed E-state index contributed by atoms with van der Waals surface area (Å²) in [4.78, 5) is 32.0. The highest BCUT2D eigenvalue weighted by molar-refractivity contribution is 7.89. The largest absolute Gasteiger partial charge is 0.487 e. The van der Waals surface area contributed by atoms with Gasteiger partial charge < -0.3 is 29.7 Å². The summed E-state index contributed by atoms with van der Waals surface area (Å²) in [7, 11) is -3.88. The Balaban J connectivity index is 0.000000261. The van der Waals surface area contributed by atoms with E-state index in [9.17, 15) is 37.0 Å². The van der Waals surface area contributed by atoms with Gasteiger partial charge in [-0.25, -0.2) is 18.1 Å². The Bertz CT molecular complexity index is 2500. The Hall–Kier alpha value is -6.34. The molecule has 18 heteroatoms. The van der Waals surface area contributed by atoms with Crippen LogP contribution in [-0.2, 0) is 42.2 Å². The maximum atomic E-state index is 14.2. The molecule has 0 amide bonds. The number of hydrogen-bond acceptors (Lipinski definition) is 13. The predicted molar refractivity (Wildman–Crippen MR) is 257 cm³/mol. The number of sulfonamides is 1. The van der Waals surface area contributed by atoms with E-state index in [-0.39, 0.29) is 55.0 Å². The molecule has 1 saturated carbocycles. The summed E-state index contributed by atoms with van der Waals surface area (Å²) in [5, 5.41) is 27.7. The highest BCUT2D eigenvalue weighted by Crippen LogP contribution is 2.37. The van der Waals surface area contributed by atoms with Crippen molar-refractivity contribution in [2.24, 2.45) is 11.8 Å². The van der Waals surface area contributed by atoms with E-state index < -0.39 is 46.6 Å². The van der Waals surface area contributed by atoms with E-state index in [0.29, 0.717) is 42.9 Å². The van der Waals surface area contributed by atoms with Gasteiger partial charge in [0.15, 0.2) is 6.61 Å². The quantitative estimate of drug-likeness (QED) is 0.0323. The smallest absolute Gasteiger partial charge is 0.325 e. The van der Waals surface area contributed by atoms with Crippen LogP contribution in [0.1, 0.15) is 71.1 Å². The van der Waals surface area contributed by atoms with E-state index in [1.54, 1.807) is 93.2 Å².